The van der Waals surface area contributed by atoms with Crippen LogP contribution in [0.3, 0.4) is 0 Å². The monoisotopic (exact) mass is 296 g/mol. The Morgan fingerprint density at radius 1 is 1.05 bits per heavy atom. The van der Waals surface area contributed by atoms with Crippen LogP contribution >= 0.6 is 0 Å². The average molecular weight is 296 g/mol. The highest BCUT2D eigenvalue weighted by Crippen LogP contribution is 2.09. The molecule has 2 aromatic carbocycles. The van der Waals surface area contributed by atoms with Crippen molar-refractivity contribution in [3.05, 3.63) is 77.9 Å². The van der Waals surface area contributed by atoms with Crippen molar-refractivity contribution in [2.45, 2.75) is 13.1 Å². The lowest BCUT2D eigenvalue weighted by atomic mass is 10.2. The second kappa shape index (κ2) is 6.49. The molecule has 4 nitrogen and oxygen atoms in total. The molecule has 0 spiro atoms. The first-order chi connectivity index (χ1) is 10.7. The third kappa shape index (κ3) is 3.56. The first-order valence-electron chi connectivity index (χ1n) is 7.10. The summed E-state index contributed by atoms with van der Waals surface area (Å²) >= 11 is 0. The molecule has 0 fully saturated rings. The maximum atomic E-state index is 13.2. The van der Waals surface area contributed by atoms with Crippen LogP contribution in [0.2, 0.25) is 0 Å². The van der Waals surface area contributed by atoms with E-state index in [1.807, 2.05) is 43.4 Å². The zero-order valence-electron chi connectivity index (χ0n) is 12.4. The van der Waals surface area contributed by atoms with Crippen LogP contribution in [-0.4, -0.2) is 26.9 Å². The van der Waals surface area contributed by atoms with Gasteiger partial charge in [-0.2, -0.15) is 15.0 Å². The van der Waals surface area contributed by atoms with E-state index in [2.05, 4.69) is 15.1 Å². The van der Waals surface area contributed by atoms with Gasteiger partial charge < -0.3 is 0 Å². The van der Waals surface area contributed by atoms with Gasteiger partial charge in [-0.15, -0.1) is 0 Å². The van der Waals surface area contributed by atoms with Crippen LogP contribution in [0.25, 0.3) is 5.69 Å². The van der Waals surface area contributed by atoms with E-state index < -0.39 is 0 Å². The molecule has 0 atom stereocenters. The second-order valence-corrected chi connectivity index (χ2v) is 5.26. The minimum absolute atomic E-state index is 0.207. The van der Waals surface area contributed by atoms with Gasteiger partial charge in [0.1, 0.15) is 5.82 Å². The van der Waals surface area contributed by atoms with Crippen LogP contribution in [0, 0.1) is 5.82 Å². The van der Waals surface area contributed by atoms with Gasteiger partial charge in [0.25, 0.3) is 0 Å². The first-order valence-corrected chi connectivity index (χ1v) is 7.10. The number of hydrogen-bond acceptors (Lipinski definition) is 3. The van der Waals surface area contributed by atoms with Gasteiger partial charge in [-0.25, -0.2) is 4.39 Å². The standard InChI is InChI=1S/C17H17FN4/c1-21(12-14-6-5-7-15(18)10-14)13-16-11-19-22(20-16)17-8-3-2-4-9-17/h2-11H,12-13H2,1H3. The molecule has 0 aliphatic carbocycles. The molecule has 3 aromatic rings. The van der Waals surface area contributed by atoms with Crippen LogP contribution in [0.4, 0.5) is 4.39 Å². The van der Waals surface area contributed by atoms with Gasteiger partial charge in [0.15, 0.2) is 0 Å². The highest BCUT2D eigenvalue weighted by Gasteiger charge is 2.07. The highest BCUT2D eigenvalue weighted by atomic mass is 19.1. The predicted octanol–water partition coefficient (Wildman–Crippen LogP) is 3.04. The Kier molecular flexibility index (Phi) is 4.25. The molecule has 0 saturated carbocycles. The summed E-state index contributed by atoms with van der Waals surface area (Å²) in [4.78, 5) is 3.69. The topological polar surface area (TPSA) is 34.0 Å². The Hall–Kier alpha value is -2.53. The molecule has 1 heterocycles. The van der Waals surface area contributed by atoms with Crippen molar-refractivity contribution in [2.75, 3.05) is 7.05 Å². The van der Waals surface area contributed by atoms with Gasteiger partial charge in [-0.3, -0.25) is 4.90 Å². The number of para-hydroxylation sites is 1. The first kappa shape index (κ1) is 14.4. The largest absolute Gasteiger partial charge is 0.296 e. The lowest BCUT2D eigenvalue weighted by Crippen LogP contribution is -2.17. The summed E-state index contributed by atoms with van der Waals surface area (Å²) in [7, 11) is 1.98. The Morgan fingerprint density at radius 3 is 2.64 bits per heavy atom. The zero-order valence-corrected chi connectivity index (χ0v) is 12.4. The van der Waals surface area contributed by atoms with Crippen molar-refractivity contribution < 1.29 is 4.39 Å². The van der Waals surface area contributed by atoms with E-state index in [1.54, 1.807) is 23.1 Å². The molecule has 0 bridgehead atoms. The molecule has 0 aliphatic heterocycles. The average Bonchev–Trinajstić information content (AvgIpc) is 2.96. The molecule has 0 aliphatic rings. The second-order valence-electron chi connectivity index (χ2n) is 5.26. The van der Waals surface area contributed by atoms with Crippen LogP contribution in [0.15, 0.2) is 60.8 Å². The fourth-order valence-corrected chi connectivity index (χ4v) is 2.33. The van der Waals surface area contributed by atoms with Crippen LogP contribution in [0.1, 0.15) is 11.3 Å². The lowest BCUT2D eigenvalue weighted by molar-refractivity contribution is 0.314. The van der Waals surface area contributed by atoms with E-state index in [4.69, 9.17) is 0 Å². The molecule has 0 amide bonds. The number of aromatic nitrogens is 3. The smallest absolute Gasteiger partial charge is 0.123 e. The molecule has 0 unspecified atom stereocenters. The van der Waals surface area contributed by atoms with Crippen molar-refractivity contribution in [3.8, 4) is 5.69 Å². The Bertz CT molecular complexity index is 739. The fourth-order valence-electron chi connectivity index (χ4n) is 2.33. The quantitative estimate of drug-likeness (QED) is 0.725. The summed E-state index contributed by atoms with van der Waals surface area (Å²) in [6.07, 6.45) is 1.76. The summed E-state index contributed by atoms with van der Waals surface area (Å²) in [6, 6.07) is 16.4. The molecule has 0 saturated heterocycles. The van der Waals surface area contributed by atoms with Crippen LogP contribution in [0.5, 0.6) is 0 Å². The number of rotatable bonds is 5. The minimum Gasteiger partial charge on any atom is -0.296 e. The van der Waals surface area contributed by atoms with Crippen molar-refractivity contribution in [1.82, 2.24) is 19.9 Å². The van der Waals surface area contributed by atoms with Crippen LogP contribution in [-0.2, 0) is 13.1 Å². The number of nitrogens with zero attached hydrogens (tertiary/aromatic N) is 4. The Balaban J connectivity index is 1.65. The van der Waals surface area contributed by atoms with Gasteiger partial charge in [0.2, 0.25) is 0 Å². The van der Waals surface area contributed by atoms with Crippen molar-refractivity contribution in [2.24, 2.45) is 0 Å². The zero-order chi connectivity index (χ0) is 15.4. The summed E-state index contributed by atoms with van der Waals surface area (Å²) in [5.41, 5.74) is 2.75. The van der Waals surface area contributed by atoms with E-state index in [-0.39, 0.29) is 5.82 Å². The minimum atomic E-state index is -0.207. The van der Waals surface area contributed by atoms with E-state index in [1.165, 1.54) is 6.07 Å². The number of halogens is 1. The van der Waals surface area contributed by atoms with E-state index in [9.17, 15) is 4.39 Å². The predicted molar refractivity (Wildman–Crippen MR) is 82.9 cm³/mol. The summed E-state index contributed by atoms with van der Waals surface area (Å²) in [6.45, 7) is 1.32. The molecule has 112 valence electrons. The van der Waals surface area contributed by atoms with E-state index >= 15 is 0 Å². The SMILES string of the molecule is CN(Cc1cccc(F)c1)Cc1cnn(-c2ccccc2)n1. The van der Waals surface area contributed by atoms with Gasteiger partial charge in [0, 0.05) is 13.1 Å². The van der Waals surface area contributed by atoms with Crippen molar-refractivity contribution in [3.63, 3.8) is 0 Å². The molecule has 1 aromatic heterocycles. The molecule has 5 heteroatoms. The normalized spacial score (nSPS) is 11.0. The lowest BCUT2D eigenvalue weighted by Gasteiger charge is -2.14. The fraction of sp³-hybridized carbons (Fsp3) is 0.176. The van der Waals surface area contributed by atoms with Gasteiger partial charge in [-0.1, -0.05) is 30.3 Å². The Morgan fingerprint density at radius 2 is 1.86 bits per heavy atom. The van der Waals surface area contributed by atoms with Gasteiger partial charge in [0.05, 0.1) is 17.6 Å². The van der Waals surface area contributed by atoms with Crippen molar-refractivity contribution in [1.29, 1.82) is 0 Å². The number of hydrogen-bond donors (Lipinski definition) is 0. The maximum Gasteiger partial charge on any atom is 0.123 e. The molecule has 3 rings (SSSR count). The summed E-state index contributed by atoms with van der Waals surface area (Å²) in [5.74, 6) is -0.207. The molecular formula is C17H17FN4. The summed E-state index contributed by atoms with van der Waals surface area (Å²) < 4.78 is 13.2. The summed E-state index contributed by atoms with van der Waals surface area (Å²) in [5, 5.41) is 8.75. The maximum absolute atomic E-state index is 13.2. The Labute approximate surface area is 128 Å². The van der Waals surface area contributed by atoms with Gasteiger partial charge >= 0.3 is 0 Å². The molecule has 0 radical (unpaired) electrons. The third-order valence-electron chi connectivity index (χ3n) is 3.30. The number of benzene rings is 2. The third-order valence-corrected chi connectivity index (χ3v) is 3.30. The highest BCUT2D eigenvalue weighted by molar-refractivity contribution is 5.28. The van der Waals surface area contributed by atoms with E-state index in [0.717, 1.165) is 16.9 Å². The van der Waals surface area contributed by atoms with Crippen molar-refractivity contribution >= 4 is 0 Å². The molecule has 0 N–H and O–H groups in total. The molecular weight excluding hydrogens is 279 g/mol. The van der Waals surface area contributed by atoms with E-state index in [0.29, 0.717) is 13.1 Å². The van der Waals surface area contributed by atoms with Crippen LogP contribution < -0.4 is 0 Å². The van der Waals surface area contributed by atoms with Gasteiger partial charge in [-0.05, 0) is 36.9 Å². The molecule has 22 heavy (non-hydrogen) atoms.